The van der Waals surface area contributed by atoms with Crippen molar-refractivity contribution in [3.63, 3.8) is 0 Å². The molecule has 0 aliphatic carbocycles. The summed E-state index contributed by atoms with van der Waals surface area (Å²) >= 11 is 0. The fourth-order valence-electron chi connectivity index (χ4n) is 3.30. The lowest BCUT2D eigenvalue weighted by Gasteiger charge is -2.31. The average molecular weight is 424 g/mol. The first-order chi connectivity index (χ1) is 13.7. The number of benzene rings is 1. The Bertz CT molecular complexity index is 842. The van der Waals surface area contributed by atoms with Crippen LogP contribution in [0.1, 0.15) is 50.7 Å². The maximum absolute atomic E-state index is 12.8. The molecular formula is C21H29NO6S. The smallest absolute Gasteiger partial charge is 0.328 e. The van der Waals surface area contributed by atoms with E-state index in [-0.39, 0.29) is 18.4 Å². The Kier molecular flexibility index (Phi) is 8.40. The maximum Gasteiger partial charge on any atom is 0.328 e. The molecule has 7 nitrogen and oxygen atoms in total. The fourth-order valence-corrected chi connectivity index (χ4v) is 4.68. The quantitative estimate of drug-likeness (QED) is 0.481. The lowest BCUT2D eigenvalue weighted by atomic mass is 10.1. The van der Waals surface area contributed by atoms with Crippen LogP contribution in [0.25, 0.3) is 6.08 Å². The molecule has 2 rings (SSSR count). The average Bonchev–Trinajstić information content (AvgIpc) is 2.67. The van der Waals surface area contributed by atoms with Crippen LogP contribution in [0.2, 0.25) is 0 Å². The van der Waals surface area contributed by atoms with Crippen LogP contribution in [0, 0.1) is 0 Å². The van der Waals surface area contributed by atoms with Crippen LogP contribution < -0.4 is 0 Å². The van der Waals surface area contributed by atoms with Crippen molar-refractivity contribution in [1.82, 2.24) is 4.90 Å². The van der Waals surface area contributed by atoms with E-state index >= 15 is 0 Å². The monoisotopic (exact) mass is 423 g/mol. The highest BCUT2D eigenvalue weighted by Gasteiger charge is 2.27. The molecule has 1 N–H and O–H groups in total. The number of nitrogens with zero attached hydrogens (tertiary/aromatic N) is 1. The summed E-state index contributed by atoms with van der Waals surface area (Å²) in [6.07, 6.45) is 5.08. The molecule has 0 radical (unpaired) electrons. The zero-order valence-electron chi connectivity index (χ0n) is 16.9. The van der Waals surface area contributed by atoms with Gasteiger partial charge in [0.2, 0.25) is 0 Å². The van der Waals surface area contributed by atoms with Crippen molar-refractivity contribution in [3.8, 4) is 0 Å². The van der Waals surface area contributed by atoms with Crippen LogP contribution in [0.4, 0.5) is 0 Å². The molecule has 0 saturated carbocycles. The van der Waals surface area contributed by atoms with E-state index in [9.17, 15) is 18.0 Å². The Morgan fingerprint density at radius 2 is 1.83 bits per heavy atom. The predicted molar refractivity (Wildman–Crippen MR) is 111 cm³/mol. The molecule has 0 spiro atoms. The Morgan fingerprint density at radius 1 is 1.17 bits per heavy atom. The number of piperidine rings is 1. The van der Waals surface area contributed by atoms with Gasteiger partial charge in [-0.2, -0.15) is 0 Å². The largest absolute Gasteiger partial charge is 0.478 e. The Labute approximate surface area is 172 Å². The lowest BCUT2D eigenvalue weighted by Crippen LogP contribution is -2.40. The van der Waals surface area contributed by atoms with Crippen LogP contribution in [-0.2, 0) is 29.9 Å². The molecule has 1 saturated heterocycles. The van der Waals surface area contributed by atoms with Crippen LogP contribution >= 0.6 is 0 Å². The standard InChI is InChI=1S/C21H29NO6S/c1-16(14-21(25)28-17(2)22-12-6-3-7-13-22)29(26,27)15-19-9-5-4-8-18(19)10-11-20(23)24/h4-5,8-11,16-17H,3,6-7,12-15H2,1-2H3,(H,23,24)/b11-10+. The van der Waals surface area contributed by atoms with Gasteiger partial charge in [0.15, 0.2) is 16.1 Å². The molecule has 2 atom stereocenters. The van der Waals surface area contributed by atoms with Crippen LogP contribution in [0.3, 0.4) is 0 Å². The van der Waals surface area contributed by atoms with E-state index in [0.29, 0.717) is 11.1 Å². The van der Waals surface area contributed by atoms with Gasteiger partial charge in [0.1, 0.15) is 0 Å². The molecule has 29 heavy (non-hydrogen) atoms. The highest BCUT2D eigenvalue weighted by molar-refractivity contribution is 7.91. The van der Waals surface area contributed by atoms with Crippen molar-refractivity contribution >= 4 is 27.9 Å². The number of sulfone groups is 1. The Balaban J connectivity index is 1.98. The van der Waals surface area contributed by atoms with Gasteiger partial charge in [-0.25, -0.2) is 13.2 Å². The first-order valence-corrected chi connectivity index (χ1v) is 11.5. The molecule has 1 aromatic rings. The number of hydrogen-bond donors (Lipinski definition) is 1. The lowest BCUT2D eigenvalue weighted by molar-refractivity contribution is -0.158. The number of aliphatic carboxylic acids is 1. The SMILES string of the molecule is CC(OC(=O)CC(C)S(=O)(=O)Cc1ccccc1/C=C/C(=O)O)N1CCCCC1. The molecule has 1 aliphatic rings. The van der Waals surface area contributed by atoms with Crippen molar-refractivity contribution in [2.45, 2.75) is 56.8 Å². The van der Waals surface area contributed by atoms with Crippen molar-refractivity contribution in [2.24, 2.45) is 0 Å². The second-order valence-electron chi connectivity index (χ2n) is 7.38. The van der Waals surface area contributed by atoms with Gasteiger partial charge in [-0.15, -0.1) is 0 Å². The van der Waals surface area contributed by atoms with Gasteiger partial charge < -0.3 is 9.84 Å². The van der Waals surface area contributed by atoms with E-state index in [1.807, 2.05) is 6.92 Å². The maximum atomic E-state index is 12.8. The zero-order chi connectivity index (χ0) is 21.4. The van der Waals surface area contributed by atoms with E-state index in [1.165, 1.54) is 19.4 Å². The third-order valence-corrected chi connectivity index (χ3v) is 7.20. The minimum Gasteiger partial charge on any atom is -0.478 e. The summed E-state index contributed by atoms with van der Waals surface area (Å²) < 4.78 is 30.9. The highest BCUT2D eigenvalue weighted by Crippen LogP contribution is 2.20. The normalized spacial score (nSPS) is 17.7. The molecule has 1 heterocycles. The highest BCUT2D eigenvalue weighted by atomic mass is 32.2. The minimum atomic E-state index is -3.63. The Hall–Kier alpha value is -2.19. The predicted octanol–water partition coefficient (Wildman–Crippen LogP) is 2.85. The second-order valence-corrected chi connectivity index (χ2v) is 9.80. The number of likely N-dealkylation sites (tertiary alicyclic amines) is 1. The van der Waals surface area contributed by atoms with E-state index in [2.05, 4.69) is 4.90 Å². The van der Waals surface area contributed by atoms with Gasteiger partial charge in [0.25, 0.3) is 0 Å². The van der Waals surface area contributed by atoms with Crippen molar-refractivity contribution in [3.05, 3.63) is 41.5 Å². The van der Waals surface area contributed by atoms with E-state index < -0.39 is 27.0 Å². The molecule has 160 valence electrons. The number of hydrogen-bond acceptors (Lipinski definition) is 6. The molecule has 1 fully saturated rings. The number of carboxylic acid groups (broad SMARTS) is 1. The van der Waals surface area contributed by atoms with Crippen LogP contribution in [0.5, 0.6) is 0 Å². The summed E-state index contributed by atoms with van der Waals surface area (Å²) in [6, 6.07) is 6.70. The van der Waals surface area contributed by atoms with Crippen LogP contribution in [0.15, 0.2) is 30.3 Å². The zero-order valence-corrected chi connectivity index (χ0v) is 17.7. The van der Waals surface area contributed by atoms with Crippen molar-refractivity contribution < 1.29 is 27.9 Å². The number of carbonyl (C=O) groups is 2. The van der Waals surface area contributed by atoms with Gasteiger partial charge in [-0.1, -0.05) is 30.7 Å². The first-order valence-electron chi connectivity index (χ1n) is 9.83. The molecule has 1 aromatic carbocycles. The van der Waals surface area contributed by atoms with Crippen molar-refractivity contribution in [2.75, 3.05) is 13.1 Å². The van der Waals surface area contributed by atoms with E-state index in [4.69, 9.17) is 9.84 Å². The first kappa shape index (κ1) is 23.1. The molecule has 1 aliphatic heterocycles. The molecule has 0 aromatic heterocycles. The number of rotatable bonds is 9. The van der Waals surface area contributed by atoms with Crippen molar-refractivity contribution in [1.29, 1.82) is 0 Å². The van der Waals surface area contributed by atoms with Gasteiger partial charge >= 0.3 is 11.9 Å². The minimum absolute atomic E-state index is 0.215. The summed E-state index contributed by atoms with van der Waals surface area (Å²) in [5.41, 5.74) is 1.01. The molecule has 2 unspecified atom stereocenters. The van der Waals surface area contributed by atoms with Gasteiger partial charge in [0, 0.05) is 19.2 Å². The topological polar surface area (TPSA) is 101 Å². The van der Waals surface area contributed by atoms with Crippen LogP contribution in [-0.4, -0.2) is 54.9 Å². The van der Waals surface area contributed by atoms with E-state index in [1.54, 1.807) is 24.3 Å². The van der Waals surface area contributed by atoms with E-state index in [0.717, 1.165) is 32.0 Å². The summed E-state index contributed by atoms with van der Waals surface area (Å²) in [5.74, 6) is -1.91. The molecule has 0 bridgehead atoms. The summed E-state index contributed by atoms with van der Waals surface area (Å²) in [4.78, 5) is 25.1. The third kappa shape index (κ3) is 7.29. The molecule has 0 amide bonds. The second kappa shape index (κ2) is 10.5. The van der Waals surface area contributed by atoms with Gasteiger partial charge in [-0.3, -0.25) is 9.69 Å². The van der Waals surface area contributed by atoms with Gasteiger partial charge in [-0.05, 0) is 43.9 Å². The number of esters is 1. The summed E-state index contributed by atoms with van der Waals surface area (Å²) in [6.45, 7) is 5.07. The third-order valence-electron chi connectivity index (χ3n) is 5.09. The number of carbonyl (C=O) groups excluding carboxylic acids is 1. The number of ether oxygens (including phenoxy) is 1. The molecular weight excluding hydrogens is 394 g/mol. The Morgan fingerprint density at radius 3 is 2.48 bits per heavy atom. The van der Waals surface area contributed by atoms with Gasteiger partial charge in [0.05, 0.1) is 17.4 Å². The fraction of sp³-hybridized carbons (Fsp3) is 0.524. The summed E-state index contributed by atoms with van der Waals surface area (Å²) in [7, 11) is -3.63. The molecule has 8 heteroatoms. The number of carboxylic acids is 1. The summed E-state index contributed by atoms with van der Waals surface area (Å²) in [5, 5.41) is 7.89.